The third-order valence-electron chi connectivity index (χ3n) is 3.65. The van der Waals surface area contributed by atoms with E-state index < -0.39 is 5.76 Å². The first-order valence-electron chi connectivity index (χ1n) is 8.37. The molecule has 3 aromatic rings. The molecule has 0 N–H and O–H groups in total. The third-order valence-corrected chi connectivity index (χ3v) is 5.41. The van der Waals surface area contributed by atoms with Crippen molar-refractivity contribution in [2.45, 2.75) is 28.5 Å². The Bertz CT molecular complexity index is 924. The summed E-state index contributed by atoms with van der Waals surface area (Å²) in [6.07, 6.45) is 0. The van der Waals surface area contributed by atoms with Gasteiger partial charge in [-0.2, -0.15) is 13.5 Å². The Hall–Kier alpha value is -2.33. The van der Waals surface area contributed by atoms with Crippen LogP contribution in [0.4, 0.5) is 8.78 Å². The fraction of sp³-hybridized carbons (Fsp3) is 0.278. The summed E-state index contributed by atoms with van der Waals surface area (Å²) in [6, 6.07) is 12.7. The van der Waals surface area contributed by atoms with Crippen LogP contribution < -0.4 is 9.47 Å². The monoisotopic (exact) mass is 424 g/mol. The van der Waals surface area contributed by atoms with E-state index in [9.17, 15) is 8.78 Å². The summed E-state index contributed by atoms with van der Waals surface area (Å²) in [6.45, 7) is 2.44. The number of alkyl halides is 2. The average molecular weight is 424 g/mol. The third kappa shape index (κ3) is 4.93. The molecule has 10 heteroatoms. The number of aromatic nitrogens is 4. The van der Waals surface area contributed by atoms with Crippen LogP contribution in [0.5, 0.6) is 11.5 Å². The van der Waals surface area contributed by atoms with Crippen LogP contribution >= 0.6 is 23.5 Å². The number of hydrogen-bond donors (Lipinski definition) is 0. The molecule has 0 aliphatic carbocycles. The SMILES string of the molecule is CCOc1ccccc1-n1nnnc1SCc1ccc(SC(F)F)c(OC)c1. The van der Waals surface area contributed by atoms with Gasteiger partial charge in [0.1, 0.15) is 17.2 Å². The molecule has 1 heterocycles. The zero-order valence-electron chi connectivity index (χ0n) is 15.2. The molecule has 0 saturated carbocycles. The number of ether oxygens (including phenoxy) is 2. The molecule has 0 unspecified atom stereocenters. The lowest BCUT2D eigenvalue weighted by atomic mass is 10.2. The Morgan fingerprint density at radius 3 is 2.71 bits per heavy atom. The van der Waals surface area contributed by atoms with Crippen molar-refractivity contribution in [1.29, 1.82) is 0 Å². The highest BCUT2D eigenvalue weighted by atomic mass is 32.2. The minimum atomic E-state index is -2.50. The molecule has 0 radical (unpaired) electrons. The smallest absolute Gasteiger partial charge is 0.289 e. The quantitative estimate of drug-likeness (QED) is 0.462. The van der Waals surface area contributed by atoms with Gasteiger partial charge in [-0.05, 0) is 47.2 Å². The summed E-state index contributed by atoms with van der Waals surface area (Å²) in [4.78, 5) is 0.404. The maximum Gasteiger partial charge on any atom is 0.289 e. The van der Waals surface area contributed by atoms with E-state index in [2.05, 4.69) is 15.5 Å². The highest BCUT2D eigenvalue weighted by molar-refractivity contribution is 7.99. The van der Waals surface area contributed by atoms with Gasteiger partial charge in [-0.3, -0.25) is 0 Å². The topological polar surface area (TPSA) is 62.1 Å². The van der Waals surface area contributed by atoms with Gasteiger partial charge in [0.2, 0.25) is 5.16 Å². The molecule has 0 bridgehead atoms. The minimum absolute atomic E-state index is 0.404. The highest BCUT2D eigenvalue weighted by Gasteiger charge is 2.15. The lowest BCUT2D eigenvalue weighted by Crippen LogP contribution is -2.03. The van der Waals surface area contributed by atoms with Crippen molar-refractivity contribution in [3.8, 4) is 17.2 Å². The van der Waals surface area contributed by atoms with Gasteiger partial charge >= 0.3 is 0 Å². The number of para-hydroxylation sites is 2. The number of methoxy groups -OCH3 is 1. The summed E-state index contributed by atoms with van der Waals surface area (Å²) in [5, 5.41) is 12.5. The number of benzene rings is 2. The van der Waals surface area contributed by atoms with Crippen molar-refractivity contribution in [2.75, 3.05) is 13.7 Å². The predicted octanol–water partition coefficient (Wildman–Crippen LogP) is 4.68. The van der Waals surface area contributed by atoms with Crippen molar-refractivity contribution < 1.29 is 18.3 Å². The Kier molecular flexibility index (Phi) is 7.10. The van der Waals surface area contributed by atoms with E-state index in [-0.39, 0.29) is 0 Å². The van der Waals surface area contributed by atoms with Gasteiger partial charge in [0.25, 0.3) is 5.76 Å². The number of thioether (sulfide) groups is 2. The first-order chi connectivity index (χ1) is 13.6. The van der Waals surface area contributed by atoms with Gasteiger partial charge < -0.3 is 9.47 Å². The summed E-state index contributed by atoms with van der Waals surface area (Å²) in [7, 11) is 1.47. The molecule has 0 aliphatic rings. The maximum absolute atomic E-state index is 12.6. The Morgan fingerprint density at radius 2 is 1.96 bits per heavy atom. The highest BCUT2D eigenvalue weighted by Crippen LogP contribution is 2.35. The Morgan fingerprint density at radius 1 is 1.14 bits per heavy atom. The van der Waals surface area contributed by atoms with Crippen molar-refractivity contribution in [3.63, 3.8) is 0 Å². The zero-order valence-corrected chi connectivity index (χ0v) is 16.8. The number of hydrogen-bond acceptors (Lipinski definition) is 7. The van der Waals surface area contributed by atoms with E-state index in [4.69, 9.17) is 9.47 Å². The molecule has 148 valence electrons. The van der Waals surface area contributed by atoms with Gasteiger partial charge in [-0.25, -0.2) is 0 Å². The molecule has 0 fully saturated rings. The van der Waals surface area contributed by atoms with Gasteiger partial charge in [0.05, 0.1) is 18.6 Å². The molecule has 0 aliphatic heterocycles. The van der Waals surface area contributed by atoms with E-state index in [0.29, 0.717) is 45.7 Å². The standard InChI is InChI=1S/C18H18F2N4O2S2/c1-3-26-14-7-5-4-6-13(14)24-18(21-22-23-24)27-11-12-8-9-16(28-17(19)20)15(10-12)25-2/h4-10,17H,3,11H2,1-2H3. The minimum Gasteiger partial charge on any atom is -0.496 e. The largest absolute Gasteiger partial charge is 0.496 e. The molecule has 6 nitrogen and oxygen atoms in total. The first-order valence-corrected chi connectivity index (χ1v) is 10.2. The van der Waals surface area contributed by atoms with Crippen LogP contribution in [-0.2, 0) is 5.75 Å². The number of nitrogens with zero attached hydrogens (tertiary/aromatic N) is 4. The second-order valence-corrected chi connectivity index (χ2v) is 7.40. The molecule has 2 aromatic carbocycles. The fourth-order valence-electron chi connectivity index (χ4n) is 2.47. The normalized spacial score (nSPS) is 11.0. The molecule has 0 spiro atoms. The van der Waals surface area contributed by atoms with E-state index >= 15 is 0 Å². The van der Waals surface area contributed by atoms with E-state index in [1.165, 1.54) is 18.9 Å². The van der Waals surface area contributed by atoms with Crippen LogP contribution in [0.3, 0.4) is 0 Å². The van der Waals surface area contributed by atoms with Gasteiger partial charge in [-0.15, -0.1) is 5.10 Å². The number of halogens is 2. The number of rotatable bonds is 9. The molecule has 28 heavy (non-hydrogen) atoms. The van der Waals surface area contributed by atoms with Crippen LogP contribution in [0.2, 0.25) is 0 Å². The summed E-state index contributed by atoms with van der Waals surface area (Å²) >= 11 is 1.89. The number of tetrazole rings is 1. The fourth-order valence-corrected chi connectivity index (χ4v) is 3.90. The lowest BCUT2D eigenvalue weighted by Gasteiger charge is -2.11. The maximum atomic E-state index is 12.6. The van der Waals surface area contributed by atoms with E-state index in [1.54, 1.807) is 22.9 Å². The molecule has 0 amide bonds. The first kappa shape index (κ1) is 20.4. The summed E-state index contributed by atoms with van der Waals surface area (Å²) in [5.74, 6) is -0.837. The lowest BCUT2D eigenvalue weighted by molar-refractivity contribution is 0.251. The molecular formula is C18H18F2N4O2S2. The average Bonchev–Trinajstić information content (AvgIpc) is 3.16. The van der Waals surface area contributed by atoms with E-state index in [0.717, 1.165) is 11.3 Å². The van der Waals surface area contributed by atoms with Gasteiger partial charge in [0, 0.05) is 5.75 Å². The van der Waals surface area contributed by atoms with Crippen LogP contribution in [0.1, 0.15) is 12.5 Å². The van der Waals surface area contributed by atoms with Gasteiger partial charge in [0.15, 0.2) is 0 Å². The van der Waals surface area contributed by atoms with Crippen LogP contribution in [-0.4, -0.2) is 39.7 Å². The Balaban J connectivity index is 1.77. The molecule has 1 aromatic heterocycles. The van der Waals surface area contributed by atoms with Gasteiger partial charge in [-0.1, -0.05) is 41.7 Å². The van der Waals surface area contributed by atoms with Crippen LogP contribution in [0.15, 0.2) is 52.5 Å². The molecular weight excluding hydrogens is 406 g/mol. The van der Waals surface area contributed by atoms with E-state index in [1.807, 2.05) is 31.2 Å². The zero-order chi connectivity index (χ0) is 19.9. The van der Waals surface area contributed by atoms with Crippen molar-refractivity contribution in [2.24, 2.45) is 0 Å². The van der Waals surface area contributed by atoms with Crippen molar-refractivity contribution in [3.05, 3.63) is 48.0 Å². The van der Waals surface area contributed by atoms with Crippen molar-refractivity contribution in [1.82, 2.24) is 20.2 Å². The van der Waals surface area contributed by atoms with Crippen LogP contribution in [0.25, 0.3) is 5.69 Å². The summed E-state index contributed by atoms with van der Waals surface area (Å²) < 4.78 is 37.8. The van der Waals surface area contributed by atoms with Crippen molar-refractivity contribution >= 4 is 23.5 Å². The Labute approximate surface area is 169 Å². The van der Waals surface area contributed by atoms with Crippen LogP contribution in [0, 0.1) is 0 Å². The molecule has 0 saturated heterocycles. The second-order valence-electron chi connectivity index (χ2n) is 5.43. The molecule has 0 atom stereocenters. The second kappa shape index (κ2) is 9.74. The predicted molar refractivity (Wildman–Crippen MR) is 105 cm³/mol. The molecule has 3 rings (SSSR count). The summed E-state index contributed by atoms with van der Waals surface area (Å²) in [5.41, 5.74) is 1.66.